The van der Waals surface area contributed by atoms with Crippen molar-refractivity contribution in [1.29, 1.82) is 0 Å². The molecule has 12 heteroatoms. The zero-order valence-corrected chi connectivity index (χ0v) is 16.2. The van der Waals surface area contributed by atoms with Gasteiger partial charge in [-0.2, -0.15) is 13.2 Å². The fourth-order valence-corrected chi connectivity index (χ4v) is 3.33. The molecule has 3 aromatic rings. The maximum atomic E-state index is 13.1. The minimum Gasteiger partial charge on any atom is -0.452 e. The first-order valence-corrected chi connectivity index (χ1v) is 9.31. The van der Waals surface area contributed by atoms with Gasteiger partial charge in [-0.15, -0.1) is 11.3 Å². The molecule has 1 amide bonds. The first kappa shape index (κ1) is 21.9. The summed E-state index contributed by atoms with van der Waals surface area (Å²) >= 11 is 1.33. The number of nitro benzene ring substituents is 1. The topological polar surface area (TPSA) is 111 Å². The molecule has 1 N–H and O–H groups in total. The minimum absolute atomic E-state index is 0.308. The summed E-state index contributed by atoms with van der Waals surface area (Å²) in [6.45, 7) is -0.850. The van der Waals surface area contributed by atoms with Crippen LogP contribution in [0.1, 0.15) is 10.6 Å². The summed E-state index contributed by atoms with van der Waals surface area (Å²) in [5.74, 6) is -1.93. The van der Waals surface area contributed by atoms with Crippen LogP contribution in [0.2, 0.25) is 0 Å². The molecule has 1 heterocycles. The van der Waals surface area contributed by atoms with Gasteiger partial charge >= 0.3 is 12.1 Å². The third kappa shape index (κ3) is 5.63. The Kier molecular flexibility index (Phi) is 6.30. The lowest BCUT2D eigenvalue weighted by molar-refractivity contribution is -0.385. The van der Waals surface area contributed by atoms with Crippen molar-refractivity contribution in [2.45, 2.75) is 6.18 Å². The van der Waals surface area contributed by atoms with E-state index in [1.807, 2.05) is 23.5 Å². The number of rotatable bonds is 6. The highest BCUT2D eigenvalue weighted by molar-refractivity contribution is 7.19. The van der Waals surface area contributed by atoms with E-state index in [2.05, 4.69) is 4.98 Å². The lowest BCUT2D eigenvalue weighted by Crippen LogP contribution is -2.22. The van der Waals surface area contributed by atoms with Crippen LogP contribution in [0.25, 0.3) is 16.3 Å². The highest BCUT2D eigenvalue weighted by atomic mass is 32.1. The molecule has 2 aromatic carbocycles. The van der Waals surface area contributed by atoms with Gasteiger partial charge in [-0.25, -0.2) is 9.78 Å². The normalized spacial score (nSPS) is 11.6. The second kappa shape index (κ2) is 8.92. The van der Waals surface area contributed by atoms with E-state index in [4.69, 9.17) is 4.74 Å². The number of nitrogens with one attached hydrogen (secondary N) is 1. The molecular formula is C19H12F3N3O5S. The number of non-ortho nitro benzene ring substituents is 1. The molecular weight excluding hydrogens is 439 g/mol. The number of amides is 1. The molecule has 0 atom stereocenters. The highest BCUT2D eigenvalue weighted by Crippen LogP contribution is 2.37. The Balaban J connectivity index is 1.60. The van der Waals surface area contributed by atoms with Gasteiger partial charge in [0.15, 0.2) is 6.61 Å². The molecule has 1 aromatic heterocycles. The zero-order valence-electron chi connectivity index (χ0n) is 15.4. The third-order valence-electron chi connectivity index (χ3n) is 3.81. The molecule has 0 saturated carbocycles. The molecule has 0 fully saturated rings. The maximum Gasteiger partial charge on any atom is 0.418 e. The number of carbonyl (C=O) groups excluding carboxylic acids is 2. The van der Waals surface area contributed by atoms with Crippen LogP contribution in [0, 0.1) is 10.1 Å². The number of esters is 1. The summed E-state index contributed by atoms with van der Waals surface area (Å²) in [6.07, 6.45) is -2.51. The lowest BCUT2D eigenvalue weighted by Gasteiger charge is -2.13. The van der Waals surface area contributed by atoms with E-state index in [1.54, 1.807) is 6.07 Å². The predicted octanol–water partition coefficient (Wildman–Crippen LogP) is 4.42. The Morgan fingerprint density at radius 2 is 1.97 bits per heavy atom. The SMILES string of the molecule is O=C(COC(=O)/C=C/c1nc2ccccc2s1)Nc1ccc([N+](=O)[O-])cc1C(F)(F)F. The van der Waals surface area contributed by atoms with Crippen molar-refractivity contribution in [3.8, 4) is 0 Å². The molecule has 0 aliphatic heterocycles. The number of hydrogen-bond donors (Lipinski definition) is 1. The first-order chi connectivity index (χ1) is 14.6. The Hall–Kier alpha value is -3.80. The van der Waals surface area contributed by atoms with Gasteiger partial charge in [0.1, 0.15) is 5.01 Å². The summed E-state index contributed by atoms with van der Waals surface area (Å²) in [6, 6.07) is 9.21. The number of para-hydroxylation sites is 1. The second-order valence-electron chi connectivity index (χ2n) is 5.99. The smallest absolute Gasteiger partial charge is 0.418 e. The quantitative estimate of drug-likeness (QED) is 0.257. The number of carbonyl (C=O) groups is 2. The van der Waals surface area contributed by atoms with Crippen LogP contribution in [0.4, 0.5) is 24.5 Å². The van der Waals surface area contributed by atoms with E-state index >= 15 is 0 Å². The molecule has 160 valence electrons. The summed E-state index contributed by atoms with van der Waals surface area (Å²) in [5, 5.41) is 13.2. The minimum atomic E-state index is -4.94. The number of anilines is 1. The monoisotopic (exact) mass is 451 g/mol. The Morgan fingerprint density at radius 3 is 2.65 bits per heavy atom. The number of alkyl halides is 3. The van der Waals surface area contributed by atoms with Crippen LogP contribution in [0.15, 0.2) is 48.5 Å². The van der Waals surface area contributed by atoms with E-state index in [0.29, 0.717) is 11.1 Å². The van der Waals surface area contributed by atoms with E-state index in [9.17, 15) is 32.9 Å². The molecule has 8 nitrogen and oxygen atoms in total. The summed E-state index contributed by atoms with van der Waals surface area (Å²) in [4.78, 5) is 37.6. The van der Waals surface area contributed by atoms with Crippen molar-refractivity contribution < 1.29 is 32.4 Å². The Bertz CT molecular complexity index is 1160. The Morgan fingerprint density at radius 1 is 1.23 bits per heavy atom. The van der Waals surface area contributed by atoms with Gasteiger partial charge in [0.2, 0.25) is 0 Å². The van der Waals surface area contributed by atoms with Crippen molar-refractivity contribution in [2.75, 3.05) is 11.9 Å². The van der Waals surface area contributed by atoms with Crippen LogP contribution >= 0.6 is 11.3 Å². The third-order valence-corrected chi connectivity index (χ3v) is 4.81. The number of benzene rings is 2. The molecule has 0 spiro atoms. The molecule has 3 rings (SSSR count). The highest BCUT2D eigenvalue weighted by Gasteiger charge is 2.35. The first-order valence-electron chi connectivity index (χ1n) is 8.49. The number of halogens is 3. The van der Waals surface area contributed by atoms with Gasteiger partial charge in [0, 0.05) is 18.2 Å². The molecule has 0 bridgehead atoms. The number of ether oxygens (including phenoxy) is 1. The van der Waals surface area contributed by atoms with Gasteiger partial charge in [-0.1, -0.05) is 12.1 Å². The van der Waals surface area contributed by atoms with Crippen LogP contribution < -0.4 is 5.32 Å². The molecule has 0 aliphatic carbocycles. The lowest BCUT2D eigenvalue weighted by atomic mass is 10.1. The van der Waals surface area contributed by atoms with Gasteiger partial charge < -0.3 is 10.1 Å². The summed E-state index contributed by atoms with van der Waals surface area (Å²) in [7, 11) is 0. The van der Waals surface area contributed by atoms with Crippen molar-refractivity contribution in [1.82, 2.24) is 4.98 Å². The molecule has 31 heavy (non-hydrogen) atoms. The number of aromatic nitrogens is 1. The summed E-state index contributed by atoms with van der Waals surface area (Å²) in [5.41, 5.74) is -2.11. The van der Waals surface area contributed by atoms with Gasteiger partial charge in [0.05, 0.1) is 26.4 Å². The second-order valence-corrected chi connectivity index (χ2v) is 7.06. The van der Waals surface area contributed by atoms with Crippen molar-refractivity contribution >= 4 is 50.9 Å². The fraction of sp³-hybridized carbons (Fsp3) is 0.105. The van der Waals surface area contributed by atoms with Gasteiger partial charge in [-0.05, 0) is 24.3 Å². The fourth-order valence-electron chi connectivity index (χ4n) is 2.46. The summed E-state index contributed by atoms with van der Waals surface area (Å²) < 4.78 is 45.0. The maximum absolute atomic E-state index is 13.1. The molecule has 0 unspecified atom stereocenters. The molecule has 0 aliphatic rings. The number of thiazole rings is 1. The van der Waals surface area contributed by atoms with Gasteiger partial charge in [0.25, 0.3) is 11.6 Å². The van der Waals surface area contributed by atoms with Crippen molar-refractivity contribution in [3.05, 3.63) is 69.2 Å². The largest absolute Gasteiger partial charge is 0.452 e. The van der Waals surface area contributed by atoms with Crippen LogP contribution in [0.3, 0.4) is 0 Å². The van der Waals surface area contributed by atoms with Crippen molar-refractivity contribution in [2.24, 2.45) is 0 Å². The predicted molar refractivity (Wildman–Crippen MR) is 106 cm³/mol. The van der Waals surface area contributed by atoms with Crippen LogP contribution in [-0.2, 0) is 20.5 Å². The standard InChI is InChI=1S/C19H12F3N3O5S/c20-19(21,22)12-9-11(25(28)29)5-6-13(12)23-16(26)10-30-18(27)8-7-17-24-14-3-1-2-4-15(14)31-17/h1-9H,10H2,(H,23,26)/b8-7+. The van der Waals surface area contributed by atoms with E-state index in [1.165, 1.54) is 17.4 Å². The van der Waals surface area contributed by atoms with E-state index in [-0.39, 0.29) is 0 Å². The van der Waals surface area contributed by atoms with Crippen molar-refractivity contribution in [3.63, 3.8) is 0 Å². The van der Waals surface area contributed by atoms with E-state index in [0.717, 1.165) is 28.4 Å². The van der Waals surface area contributed by atoms with Gasteiger partial charge in [-0.3, -0.25) is 14.9 Å². The molecule has 0 saturated heterocycles. The average Bonchev–Trinajstić information content (AvgIpc) is 3.13. The van der Waals surface area contributed by atoms with Crippen LogP contribution in [0.5, 0.6) is 0 Å². The van der Waals surface area contributed by atoms with E-state index < -0.39 is 46.5 Å². The number of fused-ring (bicyclic) bond motifs is 1. The van der Waals surface area contributed by atoms with Crippen LogP contribution in [-0.4, -0.2) is 28.4 Å². The number of hydrogen-bond acceptors (Lipinski definition) is 7. The average molecular weight is 451 g/mol. The molecule has 0 radical (unpaired) electrons. The zero-order chi connectivity index (χ0) is 22.6. The Labute approximate surface area is 176 Å². The number of nitrogens with zero attached hydrogens (tertiary/aromatic N) is 2. The number of nitro groups is 1.